The predicted octanol–water partition coefficient (Wildman–Crippen LogP) is 3.48. The summed E-state index contributed by atoms with van der Waals surface area (Å²) in [4.78, 5) is 4.46. The molecule has 30 heavy (non-hydrogen) atoms. The second kappa shape index (κ2) is 11.6. The highest BCUT2D eigenvalue weighted by atomic mass is 127. The van der Waals surface area contributed by atoms with Gasteiger partial charge in [-0.3, -0.25) is 4.99 Å². The fraction of sp³-hybridized carbons (Fsp3) is 0.381. The van der Waals surface area contributed by atoms with E-state index >= 15 is 0 Å². The molecule has 1 heterocycles. The van der Waals surface area contributed by atoms with Crippen molar-refractivity contribution in [1.82, 2.24) is 14.9 Å². The Labute approximate surface area is 195 Å². The van der Waals surface area contributed by atoms with E-state index in [1.54, 1.807) is 53.8 Å². The number of guanidine groups is 1. The lowest BCUT2D eigenvalue weighted by Gasteiger charge is -2.25. The van der Waals surface area contributed by atoms with Crippen LogP contribution in [0.4, 0.5) is 4.39 Å². The maximum atomic E-state index is 13.7. The van der Waals surface area contributed by atoms with Crippen LogP contribution in [-0.2, 0) is 23.1 Å². The maximum absolute atomic E-state index is 13.7. The molecule has 3 rings (SSSR count). The monoisotopic (exact) mass is 546 g/mol. The molecule has 2 aromatic carbocycles. The maximum Gasteiger partial charge on any atom is 0.243 e. The van der Waals surface area contributed by atoms with Crippen molar-refractivity contribution in [3.05, 3.63) is 65.5 Å². The van der Waals surface area contributed by atoms with Gasteiger partial charge in [0.25, 0.3) is 0 Å². The Kier molecular flexibility index (Phi) is 9.50. The van der Waals surface area contributed by atoms with Crippen molar-refractivity contribution in [2.75, 3.05) is 20.1 Å². The summed E-state index contributed by atoms with van der Waals surface area (Å²) < 4.78 is 40.7. The minimum absolute atomic E-state index is 0. The van der Waals surface area contributed by atoms with E-state index in [0.29, 0.717) is 42.6 Å². The van der Waals surface area contributed by atoms with Gasteiger partial charge in [0, 0.05) is 38.8 Å². The lowest BCUT2D eigenvalue weighted by molar-refractivity contribution is 0.346. The molecule has 2 N–H and O–H groups in total. The van der Waals surface area contributed by atoms with Crippen LogP contribution in [0.1, 0.15) is 30.4 Å². The highest BCUT2D eigenvalue weighted by molar-refractivity contribution is 14.0. The van der Waals surface area contributed by atoms with Crippen molar-refractivity contribution in [3.63, 3.8) is 0 Å². The molecule has 0 radical (unpaired) electrons. The number of nitrogens with one attached hydrogen (secondary N) is 2. The summed E-state index contributed by atoms with van der Waals surface area (Å²) >= 11 is 0. The second-order valence-electron chi connectivity index (χ2n) is 6.98. The number of benzene rings is 2. The van der Waals surface area contributed by atoms with Crippen molar-refractivity contribution >= 4 is 40.0 Å². The fourth-order valence-electron chi connectivity index (χ4n) is 3.26. The summed E-state index contributed by atoms with van der Waals surface area (Å²) in [6, 6.07) is 13.5. The van der Waals surface area contributed by atoms with Gasteiger partial charge in [0.15, 0.2) is 5.96 Å². The molecule has 0 aliphatic carbocycles. The largest absolute Gasteiger partial charge is 0.352 e. The summed E-state index contributed by atoms with van der Waals surface area (Å²) in [7, 11) is -1.77. The van der Waals surface area contributed by atoms with Crippen molar-refractivity contribution in [2.45, 2.75) is 37.2 Å². The molecular weight excluding hydrogens is 518 g/mol. The Hall–Kier alpha value is -1.72. The van der Waals surface area contributed by atoms with Crippen LogP contribution in [0.3, 0.4) is 0 Å². The van der Waals surface area contributed by atoms with Crippen molar-refractivity contribution in [2.24, 2.45) is 4.99 Å². The Morgan fingerprint density at radius 3 is 2.27 bits per heavy atom. The van der Waals surface area contributed by atoms with Crippen LogP contribution < -0.4 is 10.6 Å². The first-order chi connectivity index (χ1) is 14.0. The lowest BCUT2D eigenvalue weighted by Crippen LogP contribution is -2.36. The predicted molar refractivity (Wildman–Crippen MR) is 128 cm³/mol. The number of nitrogens with zero attached hydrogens (tertiary/aromatic N) is 2. The lowest BCUT2D eigenvalue weighted by atomic mass is 10.2. The Balaban J connectivity index is 0.00000320. The molecule has 1 saturated heterocycles. The number of piperidine rings is 1. The zero-order valence-corrected chi connectivity index (χ0v) is 20.1. The van der Waals surface area contributed by atoms with E-state index in [-0.39, 0.29) is 29.8 Å². The van der Waals surface area contributed by atoms with Crippen LogP contribution in [0.2, 0.25) is 0 Å². The molecule has 0 spiro atoms. The van der Waals surface area contributed by atoms with Gasteiger partial charge in [-0.2, -0.15) is 4.31 Å². The summed E-state index contributed by atoms with van der Waals surface area (Å²) in [6.45, 7) is 1.98. The molecule has 1 fully saturated rings. The SMILES string of the molecule is CN=C(NCc1ccc(S(=O)(=O)N2CCCCC2)cc1)NCc1ccccc1F.I. The number of sulfonamides is 1. The minimum atomic E-state index is -3.42. The zero-order valence-electron chi connectivity index (χ0n) is 17.0. The second-order valence-corrected chi connectivity index (χ2v) is 8.92. The third-order valence-corrected chi connectivity index (χ3v) is 6.88. The summed E-state index contributed by atoms with van der Waals surface area (Å²) in [5.41, 5.74) is 1.49. The first-order valence-corrected chi connectivity index (χ1v) is 11.2. The van der Waals surface area contributed by atoms with Gasteiger partial charge in [-0.15, -0.1) is 24.0 Å². The number of rotatable bonds is 6. The van der Waals surface area contributed by atoms with Gasteiger partial charge in [0.05, 0.1) is 4.90 Å². The molecule has 0 atom stereocenters. The van der Waals surface area contributed by atoms with E-state index < -0.39 is 10.0 Å². The smallest absolute Gasteiger partial charge is 0.243 e. The first-order valence-electron chi connectivity index (χ1n) is 9.78. The van der Waals surface area contributed by atoms with Gasteiger partial charge in [-0.25, -0.2) is 12.8 Å². The average molecular weight is 546 g/mol. The van der Waals surface area contributed by atoms with E-state index in [1.165, 1.54) is 6.07 Å². The summed E-state index contributed by atoms with van der Waals surface area (Å²) in [6.07, 6.45) is 2.92. The van der Waals surface area contributed by atoms with E-state index in [9.17, 15) is 12.8 Å². The molecule has 0 amide bonds. The van der Waals surface area contributed by atoms with Gasteiger partial charge in [-0.1, -0.05) is 36.8 Å². The first kappa shape index (κ1) is 24.5. The molecule has 0 unspecified atom stereocenters. The zero-order chi connectivity index (χ0) is 20.7. The van der Waals surface area contributed by atoms with Gasteiger partial charge in [0.1, 0.15) is 5.82 Å². The van der Waals surface area contributed by atoms with Crippen LogP contribution in [0, 0.1) is 5.82 Å². The van der Waals surface area contributed by atoms with E-state index in [2.05, 4.69) is 15.6 Å². The topological polar surface area (TPSA) is 73.8 Å². The normalized spacial score (nSPS) is 15.3. The molecular formula is C21H28FIN4O2S. The third-order valence-electron chi connectivity index (χ3n) is 4.96. The van der Waals surface area contributed by atoms with Gasteiger partial charge < -0.3 is 10.6 Å². The highest BCUT2D eigenvalue weighted by Gasteiger charge is 2.25. The minimum Gasteiger partial charge on any atom is -0.352 e. The average Bonchev–Trinajstić information content (AvgIpc) is 2.76. The third kappa shape index (κ3) is 6.39. The van der Waals surface area contributed by atoms with Gasteiger partial charge in [-0.05, 0) is 36.6 Å². The molecule has 9 heteroatoms. The van der Waals surface area contributed by atoms with E-state index in [4.69, 9.17) is 0 Å². The summed E-state index contributed by atoms with van der Waals surface area (Å²) in [5, 5.41) is 6.23. The number of aliphatic imine (C=N–C) groups is 1. The molecule has 0 saturated carbocycles. The molecule has 1 aliphatic heterocycles. The van der Waals surface area contributed by atoms with E-state index in [0.717, 1.165) is 24.8 Å². The van der Waals surface area contributed by atoms with Crippen molar-refractivity contribution < 1.29 is 12.8 Å². The molecule has 164 valence electrons. The highest BCUT2D eigenvalue weighted by Crippen LogP contribution is 2.20. The van der Waals surface area contributed by atoms with Crippen molar-refractivity contribution in [3.8, 4) is 0 Å². The van der Waals surface area contributed by atoms with Crippen molar-refractivity contribution in [1.29, 1.82) is 0 Å². The molecule has 1 aliphatic rings. The number of halogens is 2. The van der Waals surface area contributed by atoms with Crippen LogP contribution >= 0.6 is 24.0 Å². The Morgan fingerprint density at radius 2 is 1.63 bits per heavy atom. The molecule has 0 aromatic heterocycles. The molecule has 0 bridgehead atoms. The van der Waals surface area contributed by atoms with Crippen LogP contribution in [0.15, 0.2) is 58.4 Å². The van der Waals surface area contributed by atoms with Crippen LogP contribution in [-0.4, -0.2) is 38.8 Å². The molecule has 2 aromatic rings. The summed E-state index contributed by atoms with van der Waals surface area (Å²) in [5.74, 6) is 0.277. The number of hydrogen-bond donors (Lipinski definition) is 2. The van der Waals surface area contributed by atoms with Gasteiger partial charge >= 0.3 is 0 Å². The van der Waals surface area contributed by atoms with Crippen LogP contribution in [0.5, 0.6) is 0 Å². The number of hydrogen-bond acceptors (Lipinski definition) is 3. The quantitative estimate of drug-likeness (QED) is 0.331. The standard InChI is InChI=1S/C21H27FN4O2S.HI/c1-23-21(25-16-18-7-3-4-8-20(18)22)24-15-17-9-11-19(12-10-17)29(27,28)26-13-5-2-6-14-26;/h3-4,7-12H,2,5-6,13-16H2,1H3,(H2,23,24,25);1H. The fourth-order valence-corrected chi connectivity index (χ4v) is 4.78. The van der Waals surface area contributed by atoms with E-state index in [1.807, 2.05) is 0 Å². The Bertz CT molecular complexity index is 946. The Morgan fingerprint density at radius 1 is 1.00 bits per heavy atom. The van der Waals surface area contributed by atoms with Crippen LogP contribution in [0.25, 0.3) is 0 Å². The van der Waals surface area contributed by atoms with Gasteiger partial charge in [0.2, 0.25) is 10.0 Å². The molecule has 6 nitrogen and oxygen atoms in total.